The number of hydrogen-bond donors (Lipinski definition) is 1. The predicted molar refractivity (Wildman–Crippen MR) is 101 cm³/mol. The summed E-state index contributed by atoms with van der Waals surface area (Å²) in [5.74, 6) is -1.70. The van der Waals surface area contributed by atoms with E-state index in [1.54, 1.807) is 30.3 Å². The van der Waals surface area contributed by atoms with Gasteiger partial charge in [-0.05, 0) is 48.0 Å². The van der Waals surface area contributed by atoms with Crippen molar-refractivity contribution in [2.45, 2.75) is 16.3 Å². The molecule has 0 unspecified atom stereocenters. The van der Waals surface area contributed by atoms with Gasteiger partial charge in [0.15, 0.2) is 0 Å². The lowest BCUT2D eigenvalue weighted by molar-refractivity contribution is 0.0696. The number of hydrogen-bond acceptors (Lipinski definition) is 3. The number of carbonyl (C=O) groups excluding carboxylic acids is 1. The fraction of sp³-hybridized carbons (Fsp3) is 0.0476. The van der Waals surface area contributed by atoms with Gasteiger partial charge in [0.05, 0.1) is 23.4 Å². The molecule has 27 heavy (non-hydrogen) atoms. The van der Waals surface area contributed by atoms with Gasteiger partial charge >= 0.3 is 5.97 Å². The maximum Gasteiger partial charge on any atom is 0.335 e. The zero-order valence-electron chi connectivity index (χ0n) is 14.1. The Kier molecular flexibility index (Phi) is 4.41. The molecule has 1 aliphatic rings. The molecule has 6 heteroatoms. The summed E-state index contributed by atoms with van der Waals surface area (Å²) in [6, 6.07) is 18.0. The first-order valence-corrected chi connectivity index (χ1v) is 9.05. The zero-order valence-corrected chi connectivity index (χ0v) is 14.9. The number of nitrogens with zero attached hydrogens (tertiary/aromatic N) is 1. The summed E-state index contributed by atoms with van der Waals surface area (Å²) >= 11 is 1.42. The summed E-state index contributed by atoms with van der Waals surface area (Å²) in [6.45, 7) is 0.140. The summed E-state index contributed by atoms with van der Waals surface area (Å²) < 4.78 is 13.6. The minimum Gasteiger partial charge on any atom is -0.478 e. The van der Waals surface area contributed by atoms with E-state index in [2.05, 4.69) is 0 Å². The first kappa shape index (κ1) is 17.3. The summed E-state index contributed by atoms with van der Waals surface area (Å²) in [5, 5.41) is 9.35. The SMILES string of the molecule is O=C(O)c1ccc2c(c1)N(Cc1cccc(F)c1)C(=O)c1ccccc1S2. The summed E-state index contributed by atoms with van der Waals surface area (Å²) in [7, 11) is 0. The van der Waals surface area contributed by atoms with Gasteiger partial charge in [0.1, 0.15) is 5.82 Å². The highest BCUT2D eigenvalue weighted by Crippen LogP contribution is 2.42. The average molecular weight is 379 g/mol. The second kappa shape index (κ2) is 6.89. The van der Waals surface area contributed by atoms with Gasteiger partial charge in [0, 0.05) is 9.79 Å². The van der Waals surface area contributed by atoms with Crippen LogP contribution >= 0.6 is 11.8 Å². The molecule has 0 aliphatic carbocycles. The number of anilines is 1. The molecule has 1 heterocycles. The highest BCUT2D eigenvalue weighted by molar-refractivity contribution is 7.99. The molecule has 0 spiro atoms. The van der Waals surface area contributed by atoms with Crippen LogP contribution in [0.5, 0.6) is 0 Å². The van der Waals surface area contributed by atoms with Gasteiger partial charge in [0.2, 0.25) is 0 Å². The van der Waals surface area contributed by atoms with Crippen LogP contribution in [0.4, 0.5) is 10.1 Å². The molecule has 1 aliphatic heterocycles. The number of halogens is 1. The van der Waals surface area contributed by atoms with Crippen LogP contribution in [0.25, 0.3) is 0 Å². The Morgan fingerprint density at radius 3 is 2.59 bits per heavy atom. The molecule has 3 aromatic carbocycles. The molecule has 0 aromatic heterocycles. The van der Waals surface area contributed by atoms with Crippen molar-refractivity contribution >= 4 is 29.3 Å². The molecule has 0 saturated heterocycles. The molecule has 4 nitrogen and oxygen atoms in total. The van der Waals surface area contributed by atoms with E-state index in [4.69, 9.17) is 0 Å². The molecule has 0 radical (unpaired) electrons. The Bertz CT molecular complexity index is 1070. The number of rotatable bonds is 3. The monoisotopic (exact) mass is 379 g/mol. The fourth-order valence-electron chi connectivity index (χ4n) is 3.03. The molecule has 4 rings (SSSR count). The molecule has 0 saturated carbocycles. The quantitative estimate of drug-likeness (QED) is 0.708. The largest absolute Gasteiger partial charge is 0.478 e. The zero-order chi connectivity index (χ0) is 19.0. The van der Waals surface area contributed by atoms with E-state index in [1.807, 2.05) is 12.1 Å². The van der Waals surface area contributed by atoms with Crippen LogP contribution < -0.4 is 4.90 Å². The molecule has 3 aromatic rings. The molecular formula is C21H14FNO3S. The second-order valence-electron chi connectivity index (χ2n) is 6.11. The molecule has 0 bridgehead atoms. The van der Waals surface area contributed by atoms with Crippen LogP contribution in [0.2, 0.25) is 0 Å². The minimum absolute atomic E-state index is 0.0948. The van der Waals surface area contributed by atoms with Gasteiger partial charge in [-0.1, -0.05) is 36.0 Å². The first-order chi connectivity index (χ1) is 13.0. The first-order valence-electron chi connectivity index (χ1n) is 8.23. The van der Waals surface area contributed by atoms with E-state index in [0.717, 1.165) is 9.79 Å². The topological polar surface area (TPSA) is 57.6 Å². The lowest BCUT2D eigenvalue weighted by Gasteiger charge is -2.23. The Balaban J connectivity index is 1.87. The van der Waals surface area contributed by atoms with Crippen LogP contribution in [0.1, 0.15) is 26.3 Å². The van der Waals surface area contributed by atoms with Gasteiger partial charge in [-0.25, -0.2) is 9.18 Å². The lowest BCUT2D eigenvalue weighted by Crippen LogP contribution is -2.30. The second-order valence-corrected chi connectivity index (χ2v) is 7.19. The number of aromatic carboxylic acids is 1. The maximum atomic E-state index is 13.6. The number of carbonyl (C=O) groups is 2. The van der Waals surface area contributed by atoms with Gasteiger partial charge in [-0.15, -0.1) is 0 Å². The summed E-state index contributed by atoms with van der Waals surface area (Å²) in [4.78, 5) is 27.7. The molecule has 1 N–H and O–H groups in total. The minimum atomic E-state index is -1.07. The van der Waals surface area contributed by atoms with Crippen molar-refractivity contribution < 1.29 is 19.1 Å². The Labute approximate surface area is 159 Å². The van der Waals surface area contributed by atoms with E-state index in [9.17, 15) is 19.1 Å². The summed E-state index contributed by atoms with van der Waals surface area (Å²) in [5.41, 5.74) is 1.76. The Morgan fingerprint density at radius 1 is 1.00 bits per heavy atom. The summed E-state index contributed by atoms with van der Waals surface area (Å²) in [6.07, 6.45) is 0. The highest BCUT2D eigenvalue weighted by Gasteiger charge is 2.28. The normalized spacial score (nSPS) is 12.9. The van der Waals surface area contributed by atoms with Gasteiger partial charge in [-0.3, -0.25) is 4.79 Å². The lowest BCUT2D eigenvalue weighted by atomic mass is 10.1. The molecular weight excluding hydrogens is 365 g/mol. The standard InChI is InChI=1S/C21H14FNO3S/c22-15-5-3-4-13(10-15)12-23-17-11-14(21(25)26)8-9-19(17)27-18-7-2-1-6-16(18)20(23)24/h1-11H,12H2,(H,25,26). The van der Waals surface area contributed by atoms with Crippen molar-refractivity contribution in [1.82, 2.24) is 0 Å². The number of benzene rings is 3. The van der Waals surface area contributed by atoms with Crippen molar-refractivity contribution in [3.8, 4) is 0 Å². The van der Waals surface area contributed by atoms with Crippen LogP contribution in [0, 0.1) is 5.82 Å². The average Bonchev–Trinajstić information content (AvgIpc) is 2.77. The molecule has 1 amide bonds. The van der Waals surface area contributed by atoms with E-state index in [-0.39, 0.29) is 23.8 Å². The van der Waals surface area contributed by atoms with Crippen LogP contribution in [0.3, 0.4) is 0 Å². The third kappa shape index (κ3) is 3.31. The number of fused-ring (bicyclic) bond motifs is 2. The predicted octanol–water partition coefficient (Wildman–Crippen LogP) is 4.84. The highest BCUT2D eigenvalue weighted by atomic mass is 32.2. The number of amides is 1. The van der Waals surface area contributed by atoms with Gasteiger partial charge < -0.3 is 10.0 Å². The van der Waals surface area contributed by atoms with Crippen molar-refractivity contribution in [3.05, 3.63) is 89.2 Å². The van der Waals surface area contributed by atoms with Gasteiger partial charge in [-0.2, -0.15) is 0 Å². The molecule has 0 atom stereocenters. The van der Waals surface area contributed by atoms with E-state index < -0.39 is 5.97 Å². The van der Waals surface area contributed by atoms with E-state index in [0.29, 0.717) is 16.8 Å². The third-order valence-corrected chi connectivity index (χ3v) is 5.45. The van der Waals surface area contributed by atoms with Crippen molar-refractivity contribution in [2.24, 2.45) is 0 Å². The smallest absolute Gasteiger partial charge is 0.335 e. The van der Waals surface area contributed by atoms with E-state index in [1.165, 1.54) is 40.9 Å². The van der Waals surface area contributed by atoms with Gasteiger partial charge in [0.25, 0.3) is 5.91 Å². The van der Waals surface area contributed by atoms with E-state index >= 15 is 0 Å². The van der Waals surface area contributed by atoms with Crippen LogP contribution in [-0.4, -0.2) is 17.0 Å². The fourth-order valence-corrected chi connectivity index (χ4v) is 4.09. The van der Waals surface area contributed by atoms with Crippen molar-refractivity contribution in [2.75, 3.05) is 4.90 Å². The van der Waals surface area contributed by atoms with Crippen LogP contribution in [0.15, 0.2) is 76.5 Å². The maximum absolute atomic E-state index is 13.6. The number of carboxylic acids is 1. The molecule has 0 fully saturated rings. The molecule has 134 valence electrons. The van der Waals surface area contributed by atoms with Crippen molar-refractivity contribution in [3.63, 3.8) is 0 Å². The third-order valence-electron chi connectivity index (χ3n) is 4.31. The van der Waals surface area contributed by atoms with Crippen LogP contribution in [-0.2, 0) is 6.54 Å². The number of carboxylic acid groups (broad SMARTS) is 1. The Hall–Kier alpha value is -3.12. The Morgan fingerprint density at radius 2 is 1.81 bits per heavy atom. The van der Waals surface area contributed by atoms with Crippen molar-refractivity contribution in [1.29, 1.82) is 0 Å².